The van der Waals surface area contributed by atoms with Gasteiger partial charge in [0, 0.05) is 32.3 Å². The molecule has 2 unspecified atom stereocenters. The van der Waals surface area contributed by atoms with Crippen molar-refractivity contribution >= 4 is 5.91 Å². The number of hydrogen-bond acceptors (Lipinski definition) is 2. The third-order valence-electron chi connectivity index (χ3n) is 5.60. The van der Waals surface area contributed by atoms with Gasteiger partial charge in [-0.3, -0.25) is 9.48 Å². The Morgan fingerprint density at radius 1 is 1.32 bits per heavy atom. The molecule has 2 atom stereocenters. The van der Waals surface area contributed by atoms with Crippen molar-refractivity contribution in [3.8, 4) is 0 Å². The van der Waals surface area contributed by atoms with Gasteiger partial charge in [-0.1, -0.05) is 12.1 Å². The summed E-state index contributed by atoms with van der Waals surface area (Å²) >= 11 is 0. The number of nitrogens with zero attached hydrogens (tertiary/aromatic N) is 3. The number of benzene rings is 1. The van der Waals surface area contributed by atoms with Crippen LogP contribution in [-0.4, -0.2) is 33.7 Å². The zero-order valence-corrected chi connectivity index (χ0v) is 14.6. The molecule has 2 fully saturated rings. The third kappa shape index (κ3) is 3.60. The molecule has 2 aliphatic rings. The first-order chi connectivity index (χ1) is 12.1. The van der Waals surface area contributed by atoms with E-state index in [1.807, 2.05) is 30.4 Å². The lowest BCUT2D eigenvalue weighted by molar-refractivity contribution is -0.134. The van der Waals surface area contributed by atoms with Crippen LogP contribution in [0.4, 0.5) is 4.39 Å². The number of piperidine rings is 1. The second-order valence-electron chi connectivity index (χ2n) is 7.50. The molecule has 5 heteroatoms. The summed E-state index contributed by atoms with van der Waals surface area (Å²) in [4.78, 5) is 14.7. The Bertz CT molecular complexity index is 764. The number of halogens is 1. The highest BCUT2D eigenvalue weighted by molar-refractivity contribution is 5.83. The van der Waals surface area contributed by atoms with Gasteiger partial charge in [0.05, 0.1) is 6.20 Å². The van der Waals surface area contributed by atoms with Crippen LogP contribution in [0.2, 0.25) is 0 Å². The van der Waals surface area contributed by atoms with Crippen LogP contribution < -0.4 is 0 Å². The summed E-state index contributed by atoms with van der Waals surface area (Å²) in [6.07, 6.45) is 7.76. The first-order valence-corrected chi connectivity index (χ1v) is 9.12. The Morgan fingerprint density at radius 2 is 2.12 bits per heavy atom. The Hall–Kier alpha value is -2.17. The quantitative estimate of drug-likeness (QED) is 0.857. The van der Waals surface area contributed by atoms with Gasteiger partial charge in [0.15, 0.2) is 0 Å². The van der Waals surface area contributed by atoms with Crippen LogP contribution in [0.1, 0.15) is 36.3 Å². The zero-order valence-electron chi connectivity index (χ0n) is 14.6. The minimum atomic E-state index is -0.166. The molecule has 1 aliphatic heterocycles. The van der Waals surface area contributed by atoms with Crippen molar-refractivity contribution in [3.05, 3.63) is 53.6 Å². The molecule has 2 heterocycles. The van der Waals surface area contributed by atoms with Gasteiger partial charge in [-0.2, -0.15) is 5.10 Å². The van der Waals surface area contributed by atoms with Crippen LogP contribution in [0, 0.1) is 17.7 Å². The van der Waals surface area contributed by atoms with Crippen LogP contribution in [0.15, 0.2) is 36.7 Å². The summed E-state index contributed by atoms with van der Waals surface area (Å²) in [7, 11) is 1.91. The summed E-state index contributed by atoms with van der Waals surface area (Å²) in [6.45, 7) is 1.66. The standard InChI is InChI=1S/C20H24FN3O/c1-23-13-16(12-22-23)18-11-19(18)20(25)24-7-5-14(6-8-24)9-15-3-2-4-17(21)10-15/h2-4,10,12-14,18-19H,5-9,11H2,1H3. The predicted octanol–water partition coefficient (Wildman–Crippen LogP) is 3.14. The van der Waals surface area contributed by atoms with Crippen molar-refractivity contribution in [1.29, 1.82) is 0 Å². The van der Waals surface area contributed by atoms with Gasteiger partial charge in [-0.15, -0.1) is 0 Å². The molecule has 25 heavy (non-hydrogen) atoms. The van der Waals surface area contributed by atoms with Crippen LogP contribution >= 0.6 is 0 Å². The Morgan fingerprint density at radius 3 is 2.80 bits per heavy atom. The van der Waals surface area contributed by atoms with Gasteiger partial charge in [-0.05, 0) is 60.8 Å². The number of aromatic nitrogens is 2. The van der Waals surface area contributed by atoms with Gasteiger partial charge < -0.3 is 4.90 Å². The average molecular weight is 341 g/mol. The van der Waals surface area contributed by atoms with Gasteiger partial charge in [-0.25, -0.2) is 4.39 Å². The number of amides is 1. The number of aryl methyl sites for hydroxylation is 1. The molecular formula is C20H24FN3O. The van der Waals surface area contributed by atoms with Crippen LogP contribution in [0.5, 0.6) is 0 Å². The average Bonchev–Trinajstić information content (AvgIpc) is 3.29. The molecule has 132 valence electrons. The highest BCUT2D eigenvalue weighted by atomic mass is 19.1. The van der Waals surface area contributed by atoms with E-state index in [9.17, 15) is 9.18 Å². The molecular weight excluding hydrogens is 317 g/mol. The lowest BCUT2D eigenvalue weighted by atomic mass is 9.90. The molecule has 0 N–H and O–H groups in total. The fraction of sp³-hybridized carbons (Fsp3) is 0.500. The first-order valence-electron chi connectivity index (χ1n) is 9.12. The normalized spacial score (nSPS) is 23.7. The highest BCUT2D eigenvalue weighted by Crippen LogP contribution is 2.48. The maximum atomic E-state index is 13.3. The van der Waals surface area contributed by atoms with Crippen molar-refractivity contribution in [1.82, 2.24) is 14.7 Å². The van der Waals surface area contributed by atoms with E-state index in [0.29, 0.717) is 17.7 Å². The largest absolute Gasteiger partial charge is 0.342 e. The van der Waals surface area contributed by atoms with E-state index in [2.05, 4.69) is 5.10 Å². The maximum Gasteiger partial charge on any atom is 0.226 e. The van der Waals surface area contributed by atoms with E-state index in [0.717, 1.165) is 44.3 Å². The van der Waals surface area contributed by atoms with E-state index in [1.54, 1.807) is 16.8 Å². The number of hydrogen-bond donors (Lipinski definition) is 0. The van der Waals surface area contributed by atoms with Gasteiger partial charge in [0.25, 0.3) is 0 Å². The van der Waals surface area contributed by atoms with Crippen LogP contribution in [0.25, 0.3) is 0 Å². The van der Waals surface area contributed by atoms with Crippen molar-refractivity contribution in [2.75, 3.05) is 13.1 Å². The highest BCUT2D eigenvalue weighted by Gasteiger charge is 2.46. The minimum absolute atomic E-state index is 0.143. The molecule has 1 saturated carbocycles. The molecule has 1 saturated heterocycles. The predicted molar refractivity (Wildman–Crippen MR) is 93.5 cm³/mol. The van der Waals surface area contributed by atoms with Crippen molar-refractivity contribution < 1.29 is 9.18 Å². The van der Waals surface area contributed by atoms with E-state index in [-0.39, 0.29) is 11.7 Å². The summed E-state index contributed by atoms with van der Waals surface area (Å²) in [5, 5.41) is 4.21. The second-order valence-corrected chi connectivity index (χ2v) is 7.50. The molecule has 1 aliphatic carbocycles. The second kappa shape index (κ2) is 6.62. The van der Waals surface area contributed by atoms with E-state index < -0.39 is 0 Å². The first kappa shape index (κ1) is 16.3. The van der Waals surface area contributed by atoms with Gasteiger partial charge in [0.1, 0.15) is 5.82 Å². The van der Waals surface area contributed by atoms with E-state index in [4.69, 9.17) is 0 Å². The van der Waals surface area contributed by atoms with Crippen molar-refractivity contribution in [2.45, 2.75) is 31.6 Å². The van der Waals surface area contributed by atoms with Crippen LogP contribution in [0.3, 0.4) is 0 Å². The molecule has 0 spiro atoms. The lowest BCUT2D eigenvalue weighted by Gasteiger charge is -2.32. The SMILES string of the molecule is Cn1cc(C2CC2C(=O)N2CCC(Cc3cccc(F)c3)CC2)cn1. The topological polar surface area (TPSA) is 38.1 Å². The molecule has 1 aromatic carbocycles. The van der Waals surface area contributed by atoms with Gasteiger partial charge in [0.2, 0.25) is 5.91 Å². The number of rotatable bonds is 4. The number of likely N-dealkylation sites (tertiary alicyclic amines) is 1. The Kier molecular flexibility index (Phi) is 4.32. The molecule has 1 aromatic heterocycles. The van der Waals surface area contributed by atoms with Crippen molar-refractivity contribution in [2.24, 2.45) is 18.9 Å². The van der Waals surface area contributed by atoms with Crippen LogP contribution in [-0.2, 0) is 18.3 Å². The third-order valence-corrected chi connectivity index (χ3v) is 5.60. The Labute approximate surface area is 147 Å². The number of carbonyl (C=O) groups is 1. The fourth-order valence-electron chi connectivity index (χ4n) is 4.06. The zero-order chi connectivity index (χ0) is 17.4. The smallest absolute Gasteiger partial charge is 0.226 e. The molecule has 0 bridgehead atoms. The summed E-state index contributed by atoms with van der Waals surface area (Å²) in [6, 6.07) is 6.87. The maximum absolute atomic E-state index is 13.3. The lowest BCUT2D eigenvalue weighted by Crippen LogP contribution is -2.40. The number of carbonyl (C=O) groups excluding carboxylic acids is 1. The molecule has 0 radical (unpaired) electrons. The van der Waals surface area contributed by atoms with E-state index in [1.165, 1.54) is 11.6 Å². The summed E-state index contributed by atoms with van der Waals surface area (Å²) < 4.78 is 15.1. The fourth-order valence-corrected chi connectivity index (χ4v) is 4.06. The molecule has 2 aromatic rings. The molecule has 1 amide bonds. The Balaban J connectivity index is 1.28. The minimum Gasteiger partial charge on any atom is -0.342 e. The van der Waals surface area contributed by atoms with Crippen molar-refractivity contribution in [3.63, 3.8) is 0 Å². The molecule has 4 nitrogen and oxygen atoms in total. The van der Waals surface area contributed by atoms with E-state index >= 15 is 0 Å². The molecule has 4 rings (SSSR count). The summed E-state index contributed by atoms with van der Waals surface area (Å²) in [5.41, 5.74) is 2.24. The monoisotopic (exact) mass is 341 g/mol. The van der Waals surface area contributed by atoms with Gasteiger partial charge >= 0.3 is 0 Å². The summed E-state index contributed by atoms with van der Waals surface area (Å²) in [5.74, 6) is 1.17.